The van der Waals surface area contributed by atoms with Gasteiger partial charge in [0.1, 0.15) is 0 Å². The van der Waals surface area contributed by atoms with E-state index in [0.29, 0.717) is 16.7 Å². The predicted molar refractivity (Wildman–Crippen MR) is 109 cm³/mol. The van der Waals surface area contributed by atoms with E-state index in [1.807, 2.05) is 12.1 Å². The van der Waals surface area contributed by atoms with Gasteiger partial charge in [-0.3, -0.25) is 19.8 Å². The third-order valence-electron chi connectivity index (χ3n) is 4.93. The topological polar surface area (TPSA) is 61.4 Å². The molecular weight excluding hydrogens is 406 g/mol. The maximum atomic E-state index is 12.3. The molecule has 2 aromatic carbocycles. The number of fused-ring (bicyclic) bond motifs is 1. The lowest BCUT2D eigenvalue weighted by Gasteiger charge is -2.19. The molecule has 0 aliphatic carbocycles. The number of carbonyl (C=O) groups is 2. The third kappa shape index (κ3) is 3.96. The first-order valence-corrected chi connectivity index (χ1v) is 9.83. The average molecular weight is 426 g/mol. The molecule has 0 unspecified atom stereocenters. The number of anilines is 1. The van der Waals surface area contributed by atoms with Crippen LogP contribution in [0.2, 0.25) is 0 Å². The Hall–Kier alpha value is -2.44. The van der Waals surface area contributed by atoms with Crippen LogP contribution in [-0.2, 0) is 11.3 Å². The van der Waals surface area contributed by atoms with Gasteiger partial charge in [-0.2, -0.15) is 0 Å². The number of carbonyl (C=O) groups excluding carboxylic acids is 2. The van der Waals surface area contributed by atoms with Crippen molar-refractivity contribution >= 4 is 39.0 Å². The summed E-state index contributed by atoms with van der Waals surface area (Å²) in [5, 5.41) is 5.56. The second-order valence-corrected chi connectivity index (χ2v) is 7.77. The van der Waals surface area contributed by atoms with Crippen LogP contribution in [0.15, 0.2) is 53.1 Å². The van der Waals surface area contributed by atoms with E-state index in [1.54, 1.807) is 24.4 Å². The van der Waals surface area contributed by atoms with Crippen LogP contribution in [0.5, 0.6) is 0 Å². The number of halogens is 1. The summed E-state index contributed by atoms with van der Waals surface area (Å²) in [7, 11) is 0. The molecular formula is C21H20BrN3O2. The number of hydrogen-bond donors (Lipinski definition) is 2. The van der Waals surface area contributed by atoms with Crippen LogP contribution in [0, 0.1) is 0 Å². The molecule has 4 rings (SSSR count). The molecule has 2 N–H and O–H groups in total. The summed E-state index contributed by atoms with van der Waals surface area (Å²) in [6.07, 6.45) is 4.23. The number of hydrogen-bond acceptors (Lipinski definition) is 4. The standard InChI is InChI=1S/C21H20BrN3O2/c22-15-5-8-17-18(11-15)19(21(27)24-20(17)26)12-23-16-6-3-14(4-7-16)13-25-9-1-2-10-25/h3-8,11-12,23H,1-2,9-10,13H2,(H,24,26,27). The van der Waals surface area contributed by atoms with Crippen LogP contribution in [0.4, 0.5) is 5.69 Å². The third-order valence-corrected chi connectivity index (χ3v) is 5.42. The highest BCUT2D eigenvalue weighted by Crippen LogP contribution is 2.27. The minimum Gasteiger partial charge on any atom is -0.361 e. The van der Waals surface area contributed by atoms with Gasteiger partial charge in [0.15, 0.2) is 0 Å². The second kappa shape index (κ2) is 7.66. The number of nitrogens with zero attached hydrogens (tertiary/aromatic N) is 1. The lowest BCUT2D eigenvalue weighted by molar-refractivity contribution is -0.114. The van der Waals surface area contributed by atoms with Gasteiger partial charge >= 0.3 is 0 Å². The van der Waals surface area contributed by atoms with Crippen LogP contribution in [0.25, 0.3) is 5.57 Å². The van der Waals surface area contributed by atoms with E-state index >= 15 is 0 Å². The zero-order valence-electron chi connectivity index (χ0n) is 14.8. The van der Waals surface area contributed by atoms with Crippen molar-refractivity contribution in [2.45, 2.75) is 19.4 Å². The summed E-state index contributed by atoms with van der Waals surface area (Å²) in [6.45, 7) is 3.33. The largest absolute Gasteiger partial charge is 0.361 e. The molecule has 0 saturated carbocycles. The SMILES string of the molecule is O=C1NC(=O)c2ccc(Br)cc2C1=CNc1ccc(CN2CCCC2)cc1. The molecule has 2 aliphatic heterocycles. The van der Waals surface area contributed by atoms with Crippen molar-refractivity contribution in [1.82, 2.24) is 10.2 Å². The van der Waals surface area contributed by atoms with Gasteiger partial charge in [-0.15, -0.1) is 0 Å². The zero-order chi connectivity index (χ0) is 18.8. The molecule has 0 aromatic heterocycles. The summed E-state index contributed by atoms with van der Waals surface area (Å²) in [5.74, 6) is -0.769. The molecule has 2 heterocycles. The first kappa shape index (κ1) is 17.9. The van der Waals surface area contributed by atoms with E-state index in [1.165, 1.54) is 31.5 Å². The average Bonchev–Trinajstić information content (AvgIpc) is 3.15. The molecule has 1 saturated heterocycles. The van der Waals surface area contributed by atoms with Crippen molar-refractivity contribution in [1.29, 1.82) is 0 Å². The van der Waals surface area contributed by atoms with Crippen molar-refractivity contribution in [2.75, 3.05) is 18.4 Å². The molecule has 138 valence electrons. The quantitative estimate of drug-likeness (QED) is 0.577. The minimum atomic E-state index is -0.399. The maximum absolute atomic E-state index is 12.3. The lowest BCUT2D eigenvalue weighted by Crippen LogP contribution is -2.36. The molecule has 5 nitrogen and oxygen atoms in total. The smallest absolute Gasteiger partial charge is 0.260 e. The van der Waals surface area contributed by atoms with E-state index in [0.717, 1.165) is 16.7 Å². The van der Waals surface area contributed by atoms with E-state index < -0.39 is 5.91 Å². The fraction of sp³-hybridized carbons (Fsp3) is 0.238. The highest BCUT2D eigenvalue weighted by Gasteiger charge is 2.27. The molecule has 1 fully saturated rings. The van der Waals surface area contributed by atoms with E-state index in [2.05, 4.69) is 43.6 Å². The number of amides is 2. The maximum Gasteiger partial charge on any atom is 0.260 e. The van der Waals surface area contributed by atoms with Crippen LogP contribution < -0.4 is 10.6 Å². The second-order valence-electron chi connectivity index (χ2n) is 6.86. The Bertz CT molecular complexity index is 916. The fourth-order valence-corrected chi connectivity index (χ4v) is 3.86. The van der Waals surface area contributed by atoms with Crippen LogP contribution in [0.3, 0.4) is 0 Å². The van der Waals surface area contributed by atoms with E-state index in [4.69, 9.17) is 0 Å². The Morgan fingerprint density at radius 1 is 1.00 bits per heavy atom. The lowest BCUT2D eigenvalue weighted by atomic mass is 9.95. The van der Waals surface area contributed by atoms with Crippen LogP contribution in [-0.4, -0.2) is 29.8 Å². The van der Waals surface area contributed by atoms with Crippen LogP contribution >= 0.6 is 15.9 Å². The van der Waals surface area contributed by atoms with Gasteiger partial charge in [-0.05, 0) is 61.8 Å². The van der Waals surface area contributed by atoms with Gasteiger partial charge in [-0.1, -0.05) is 28.1 Å². The van der Waals surface area contributed by atoms with Gasteiger partial charge in [0.05, 0.1) is 5.57 Å². The molecule has 0 spiro atoms. The fourth-order valence-electron chi connectivity index (χ4n) is 3.50. The zero-order valence-corrected chi connectivity index (χ0v) is 16.4. The van der Waals surface area contributed by atoms with E-state index in [-0.39, 0.29) is 5.91 Å². The van der Waals surface area contributed by atoms with E-state index in [9.17, 15) is 9.59 Å². The molecule has 2 aliphatic rings. The summed E-state index contributed by atoms with van der Waals surface area (Å²) in [5.41, 5.74) is 3.73. The van der Waals surface area contributed by atoms with Gasteiger partial charge in [0.25, 0.3) is 11.8 Å². The molecule has 0 bridgehead atoms. The van der Waals surface area contributed by atoms with Crippen molar-refractivity contribution in [2.24, 2.45) is 0 Å². The highest BCUT2D eigenvalue weighted by atomic mass is 79.9. The molecule has 0 radical (unpaired) electrons. The van der Waals surface area contributed by atoms with Crippen molar-refractivity contribution < 1.29 is 9.59 Å². The van der Waals surface area contributed by atoms with Gasteiger partial charge in [0, 0.05) is 34.0 Å². The summed E-state index contributed by atoms with van der Waals surface area (Å²) in [4.78, 5) is 26.8. The minimum absolute atomic E-state index is 0.370. The van der Waals surface area contributed by atoms with Crippen molar-refractivity contribution in [3.8, 4) is 0 Å². The highest BCUT2D eigenvalue weighted by molar-refractivity contribution is 9.10. The molecule has 2 aromatic rings. The van der Waals surface area contributed by atoms with Crippen LogP contribution in [0.1, 0.15) is 34.3 Å². The Morgan fingerprint density at radius 3 is 2.48 bits per heavy atom. The Morgan fingerprint density at radius 2 is 1.74 bits per heavy atom. The number of likely N-dealkylation sites (tertiary alicyclic amines) is 1. The monoisotopic (exact) mass is 425 g/mol. The number of benzene rings is 2. The Labute approximate surface area is 166 Å². The van der Waals surface area contributed by atoms with Crippen molar-refractivity contribution in [3.05, 3.63) is 69.8 Å². The van der Waals surface area contributed by atoms with Gasteiger partial charge < -0.3 is 5.32 Å². The molecule has 2 amide bonds. The molecule has 27 heavy (non-hydrogen) atoms. The summed E-state index contributed by atoms with van der Waals surface area (Å²) < 4.78 is 0.820. The first-order valence-electron chi connectivity index (χ1n) is 9.04. The van der Waals surface area contributed by atoms with Crippen molar-refractivity contribution in [3.63, 3.8) is 0 Å². The molecule has 6 heteroatoms. The number of nitrogens with one attached hydrogen (secondary N) is 2. The predicted octanol–water partition coefficient (Wildman–Crippen LogP) is 3.77. The first-order chi connectivity index (χ1) is 13.1. The normalized spacial score (nSPS) is 18.5. The number of imide groups is 1. The summed E-state index contributed by atoms with van der Waals surface area (Å²) in [6, 6.07) is 13.5. The summed E-state index contributed by atoms with van der Waals surface area (Å²) >= 11 is 3.40. The van der Waals surface area contributed by atoms with Gasteiger partial charge in [0.2, 0.25) is 0 Å². The Kier molecular flexibility index (Phi) is 5.09. The molecule has 0 atom stereocenters. The Balaban J connectivity index is 1.52. The number of rotatable bonds is 4. The van der Waals surface area contributed by atoms with Gasteiger partial charge in [-0.25, -0.2) is 0 Å².